The van der Waals surface area contributed by atoms with Crippen molar-refractivity contribution in [1.29, 1.82) is 0 Å². The van der Waals surface area contributed by atoms with Crippen LogP contribution in [0.25, 0.3) is 0 Å². The SMILES string of the molecule is COCCCOCCOCC(=O)c1ccc(Cl)cc1Cl. The first-order chi connectivity index (χ1) is 9.65. The Bertz CT molecular complexity index is 424. The highest BCUT2D eigenvalue weighted by Gasteiger charge is 2.10. The maximum Gasteiger partial charge on any atom is 0.189 e. The van der Waals surface area contributed by atoms with Gasteiger partial charge in [0, 0.05) is 30.9 Å². The Labute approximate surface area is 128 Å². The van der Waals surface area contributed by atoms with E-state index in [9.17, 15) is 4.79 Å². The number of ketones is 1. The fourth-order valence-electron chi connectivity index (χ4n) is 1.48. The van der Waals surface area contributed by atoms with Gasteiger partial charge in [-0.3, -0.25) is 4.79 Å². The predicted molar refractivity (Wildman–Crippen MR) is 78.9 cm³/mol. The van der Waals surface area contributed by atoms with Gasteiger partial charge in [-0.1, -0.05) is 23.2 Å². The van der Waals surface area contributed by atoms with Crippen molar-refractivity contribution >= 4 is 29.0 Å². The second-order valence-electron chi connectivity index (χ2n) is 4.06. The van der Waals surface area contributed by atoms with Crippen molar-refractivity contribution in [2.45, 2.75) is 6.42 Å². The van der Waals surface area contributed by atoms with Crippen LogP contribution in [0.15, 0.2) is 18.2 Å². The monoisotopic (exact) mass is 320 g/mol. The number of carbonyl (C=O) groups excluding carboxylic acids is 1. The molecule has 1 aromatic carbocycles. The van der Waals surface area contributed by atoms with Crippen LogP contribution >= 0.6 is 23.2 Å². The summed E-state index contributed by atoms with van der Waals surface area (Å²) in [7, 11) is 1.65. The molecule has 0 heterocycles. The van der Waals surface area contributed by atoms with Crippen LogP contribution in [0.5, 0.6) is 0 Å². The maximum absolute atomic E-state index is 11.8. The molecule has 4 nitrogen and oxygen atoms in total. The third kappa shape index (κ3) is 6.68. The third-order valence-electron chi connectivity index (χ3n) is 2.47. The van der Waals surface area contributed by atoms with Gasteiger partial charge in [0.2, 0.25) is 0 Å². The van der Waals surface area contributed by atoms with Crippen molar-refractivity contribution < 1.29 is 19.0 Å². The molecule has 20 heavy (non-hydrogen) atoms. The fourth-order valence-corrected chi connectivity index (χ4v) is 2.00. The molecule has 0 spiro atoms. The Kier molecular flexibility index (Phi) is 8.82. The molecule has 1 rings (SSSR count). The van der Waals surface area contributed by atoms with Crippen molar-refractivity contribution in [3.8, 4) is 0 Å². The van der Waals surface area contributed by atoms with Crippen LogP contribution in [-0.2, 0) is 14.2 Å². The first kappa shape index (κ1) is 17.4. The molecule has 112 valence electrons. The van der Waals surface area contributed by atoms with E-state index in [0.29, 0.717) is 42.0 Å². The molecule has 0 atom stereocenters. The van der Waals surface area contributed by atoms with Gasteiger partial charge in [0.25, 0.3) is 0 Å². The smallest absolute Gasteiger partial charge is 0.189 e. The number of hydrogen-bond donors (Lipinski definition) is 0. The van der Waals surface area contributed by atoms with Crippen LogP contribution < -0.4 is 0 Å². The zero-order valence-corrected chi connectivity index (χ0v) is 12.9. The van der Waals surface area contributed by atoms with Gasteiger partial charge in [-0.2, -0.15) is 0 Å². The lowest BCUT2D eigenvalue weighted by Crippen LogP contribution is -2.13. The van der Waals surface area contributed by atoms with Gasteiger partial charge in [0.15, 0.2) is 5.78 Å². The van der Waals surface area contributed by atoms with E-state index >= 15 is 0 Å². The number of Topliss-reactive ketones (excluding diaryl/α,β-unsaturated/α-hetero) is 1. The van der Waals surface area contributed by atoms with E-state index in [1.165, 1.54) is 6.07 Å². The molecular formula is C14H18Cl2O4. The summed E-state index contributed by atoms with van der Waals surface area (Å²) in [6.07, 6.45) is 0.843. The fraction of sp³-hybridized carbons (Fsp3) is 0.500. The largest absolute Gasteiger partial charge is 0.385 e. The van der Waals surface area contributed by atoms with Gasteiger partial charge in [-0.05, 0) is 24.6 Å². The normalized spacial score (nSPS) is 10.8. The van der Waals surface area contributed by atoms with Crippen LogP contribution in [-0.4, -0.2) is 45.9 Å². The van der Waals surface area contributed by atoms with Crippen molar-refractivity contribution in [3.63, 3.8) is 0 Å². The topological polar surface area (TPSA) is 44.8 Å². The molecule has 0 fully saturated rings. The molecule has 0 N–H and O–H groups in total. The molecule has 0 radical (unpaired) electrons. The standard InChI is InChI=1S/C14H18Cl2O4/c1-18-5-2-6-19-7-8-20-10-14(17)12-4-3-11(15)9-13(12)16/h3-4,9H,2,5-8,10H2,1H3. The van der Waals surface area contributed by atoms with E-state index in [1.807, 2.05) is 0 Å². The highest BCUT2D eigenvalue weighted by atomic mass is 35.5. The molecule has 6 heteroatoms. The number of carbonyl (C=O) groups is 1. The zero-order chi connectivity index (χ0) is 14.8. The van der Waals surface area contributed by atoms with Crippen LogP contribution in [0.3, 0.4) is 0 Å². The first-order valence-corrected chi connectivity index (χ1v) is 7.03. The molecule has 0 bridgehead atoms. The molecule has 0 aliphatic heterocycles. The van der Waals surface area contributed by atoms with Crippen LogP contribution in [0, 0.1) is 0 Å². The minimum atomic E-state index is -0.175. The second-order valence-corrected chi connectivity index (χ2v) is 4.90. The van der Waals surface area contributed by atoms with E-state index in [4.69, 9.17) is 37.4 Å². The highest BCUT2D eigenvalue weighted by molar-refractivity contribution is 6.36. The minimum Gasteiger partial charge on any atom is -0.385 e. The Morgan fingerprint density at radius 3 is 2.55 bits per heavy atom. The lowest BCUT2D eigenvalue weighted by Gasteiger charge is -2.06. The zero-order valence-electron chi connectivity index (χ0n) is 11.4. The number of methoxy groups -OCH3 is 1. The van der Waals surface area contributed by atoms with Gasteiger partial charge in [-0.15, -0.1) is 0 Å². The van der Waals surface area contributed by atoms with Crippen molar-refractivity contribution in [2.75, 3.05) is 40.1 Å². The Hall–Kier alpha value is -0.650. The molecular weight excluding hydrogens is 303 g/mol. The molecule has 0 aliphatic rings. The lowest BCUT2D eigenvalue weighted by molar-refractivity contribution is 0.0382. The summed E-state index contributed by atoms with van der Waals surface area (Å²) in [5, 5.41) is 0.832. The first-order valence-electron chi connectivity index (χ1n) is 6.28. The molecule has 0 aliphatic carbocycles. The van der Waals surface area contributed by atoms with Gasteiger partial charge in [0.1, 0.15) is 6.61 Å². The number of halogens is 2. The summed E-state index contributed by atoms with van der Waals surface area (Å²) in [5.74, 6) is -0.175. The van der Waals surface area contributed by atoms with Crippen LogP contribution in [0.1, 0.15) is 16.8 Å². The predicted octanol–water partition coefficient (Wildman–Crippen LogP) is 3.25. The molecule has 1 aromatic rings. The molecule has 0 amide bonds. The average Bonchev–Trinajstić information content (AvgIpc) is 2.41. The van der Waals surface area contributed by atoms with Crippen molar-refractivity contribution in [3.05, 3.63) is 33.8 Å². The highest BCUT2D eigenvalue weighted by Crippen LogP contribution is 2.21. The van der Waals surface area contributed by atoms with E-state index < -0.39 is 0 Å². The maximum atomic E-state index is 11.8. The Balaban J connectivity index is 2.17. The van der Waals surface area contributed by atoms with E-state index in [2.05, 4.69) is 0 Å². The summed E-state index contributed by atoms with van der Waals surface area (Å²) in [6.45, 7) is 2.08. The Morgan fingerprint density at radius 1 is 1.10 bits per heavy atom. The van der Waals surface area contributed by atoms with E-state index in [1.54, 1.807) is 19.2 Å². The summed E-state index contributed by atoms with van der Waals surface area (Å²) in [6, 6.07) is 4.76. The number of hydrogen-bond acceptors (Lipinski definition) is 4. The summed E-state index contributed by atoms with van der Waals surface area (Å²) in [4.78, 5) is 11.8. The lowest BCUT2D eigenvalue weighted by atomic mass is 10.1. The summed E-state index contributed by atoms with van der Waals surface area (Å²) in [5.41, 5.74) is 0.414. The quantitative estimate of drug-likeness (QED) is 0.490. The molecule has 0 aromatic heterocycles. The number of rotatable bonds is 10. The summed E-state index contributed by atoms with van der Waals surface area (Å²) < 4.78 is 15.4. The number of ether oxygens (including phenoxy) is 3. The van der Waals surface area contributed by atoms with Crippen molar-refractivity contribution in [2.24, 2.45) is 0 Å². The molecule has 0 saturated carbocycles. The van der Waals surface area contributed by atoms with Gasteiger partial charge >= 0.3 is 0 Å². The third-order valence-corrected chi connectivity index (χ3v) is 3.02. The van der Waals surface area contributed by atoms with Crippen molar-refractivity contribution in [1.82, 2.24) is 0 Å². The minimum absolute atomic E-state index is 0.0250. The van der Waals surface area contributed by atoms with Gasteiger partial charge < -0.3 is 14.2 Å². The van der Waals surface area contributed by atoms with Gasteiger partial charge in [-0.25, -0.2) is 0 Å². The summed E-state index contributed by atoms with van der Waals surface area (Å²) >= 11 is 11.7. The molecule has 0 saturated heterocycles. The van der Waals surface area contributed by atoms with E-state index in [-0.39, 0.29) is 12.4 Å². The van der Waals surface area contributed by atoms with Crippen LogP contribution in [0.2, 0.25) is 10.0 Å². The second kappa shape index (κ2) is 10.1. The Morgan fingerprint density at radius 2 is 1.85 bits per heavy atom. The molecule has 0 unspecified atom stereocenters. The van der Waals surface area contributed by atoms with Crippen LogP contribution in [0.4, 0.5) is 0 Å². The van der Waals surface area contributed by atoms with Gasteiger partial charge in [0.05, 0.1) is 18.2 Å². The van der Waals surface area contributed by atoms with E-state index in [0.717, 1.165) is 6.42 Å². The average molecular weight is 321 g/mol. The number of benzene rings is 1.